The fraction of sp³-hybridized carbons (Fsp3) is 0.417. The monoisotopic (exact) mass is 243 g/mol. The van der Waals surface area contributed by atoms with E-state index in [-0.39, 0.29) is 29.2 Å². The number of rotatable bonds is 5. The van der Waals surface area contributed by atoms with Crippen LogP contribution in [-0.2, 0) is 0 Å². The minimum atomic E-state index is -1.34. The number of alkyl halides is 1. The molecule has 1 N–H and O–H groups in total. The SMILES string of the molecule is CNCC(=O)c1cc(C(C)F)cc(F)c1OC. The van der Waals surface area contributed by atoms with Gasteiger partial charge in [-0.1, -0.05) is 0 Å². The van der Waals surface area contributed by atoms with E-state index in [9.17, 15) is 13.6 Å². The molecule has 1 unspecified atom stereocenters. The number of ether oxygens (including phenoxy) is 1. The van der Waals surface area contributed by atoms with Gasteiger partial charge >= 0.3 is 0 Å². The summed E-state index contributed by atoms with van der Waals surface area (Å²) in [4.78, 5) is 11.7. The van der Waals surface area contributed by atoms with Crippen molar-refractivity contribution in [2.24, 2.45) is 0 Å². The maximum atomic E-state index is 13.6. The van der Waals surface area contributed by atoms with Crippen LogP contribution in [0.1, 0.15) is 29.0 Å². The van der Waals surface area contributed by atoms with Crippen molar-refractivity contribution < 1.29 is 18.3 Å². The van der Waals surface area contributed by atoms with Crippen molar-refractivity contribution >= 4 is 5.78 Å². The van der Waals surface area contributed by atoms with E-state index >= 15 is 0 Å². The molecular weight excluding hydrogens is 228 g/mol. The van der Waals surface area contributed by atoms with Gasteiger partial charge < -0.3 is 10.1 Å². The Labute approximate surface area is 98.8 Å². The smallest absolute Gasteiger partial charge is 0.180 e. The molecule has 0 heterocycles. The van der Waals surface area contributed by atoms with Crippen molar-refractivity contribution in [2.45, 2.75) is 13.1 Å². The van der Waals surface area contributed by atoms with Gasteiger partial charge in [-0.25, -0.2) is 8.78 Å². The zero-order chi connectivity index (χ0) is 13.0. The predicted octanol–water partition coefficient (Wildman–Crippen LogP) is 2.27. The molecule has 1 rings (SSSR count). The van der Waals surface area contributed by atoms with Gasteiger partial charge in [0.05, 0.1) is 19.2 Å². The first-order chi connectivity index (χ1) is 8.01. The second-order valence-electron chi connectivity index (χ2n) is 3.65. The van der Waals surface area contributed by atoms with Crippen LogP contribution >= 0.6 is 0 Å². The Balaban J connectivity index is 3.28. The van der Waals surface area contributed by atoms with Crippen molar-refractivity contribution in [3.05, 3.63) is 29.1 Å². The van der Waals surface area contributed by atoms with Crippen molar-refractivity contribution in [1.29, 1.82) is 0 Å². The minimum Gasteiger partial charge on any atom is -0.493 e. The van der Waals surface area contributed by atoms with E-state index in [0.717, 1.165) is 6.07 Å². The van der Waals surface area contributed by atoms with E-state index in [4.69, 9.17) is 4.74 Å². The van der Waals surface area contributed by atoms with Gasteiger partial charge in [0.2, 0.25) is 0 Å². The molecule has 3 nitrogen and oxygen atoms in total. The number of Topliss-reactive ketones (excluding diaryl/α,β-unsaturated/α-hetero) is 1. The third-order valence-corrected chi connectivity index (χ3v) is 2.37. The van der Waals surface area contributed by atoms with Gasteiger partial charge in [-0.3, -0.25) is 4.79 Å². The van der Waals surface area contributed by atoms with Crippen LogP contribution in [0, 0.1) is 5.82 Å². The van der Waals surface area contributed by atoms with Crippen LogP contribution in [0.5, 0.6) is 5.75 Å². The molecule has 0 aromatic heterocycles. The quantitative estimate of drug-likeness (QED) is 0.806. The first-order valence-corrected chi connectivity index (χ1v) is 5.20. The van der Waals surface area contributed by atoms with Gasteiger partial charge in [0.15, 0.2) is 17.3 Å². The summed E-state index contributed by atoms with van der Waals surface area (Å²) in [5.41, 5.74) is 0.184. The van der Waals surface area contributed by atoms with E-state index < -0.39 is 12.0 Å². The molecule has 0 radical (unpaired) electrons. The number of carbonyl (C=O) groups is 1. The van der Waals surface area contributed by atoms with E-state index in [1.54, 1.807) is 7.05 Å². The number of hydrogen-bond acceptors (Lipinski definition) is 3. The van der Waals surface area contributed by atoms with Gasteiger partial charge in [-0.2, -0.15) is 0 Å². The molecule has 0 aliphatic rings. The number of ketones is 1. The lowest BCUT2D eigenvalue weighted by molar-refractivity contribution is 0.0989. The van der Waals surface area contributed by atoms with Gasteiger partial charge in [0, 0.05) is 0 Å². The Morgan fingerprint density at radius 3 is 2.65 bits per heavy atom. The summed E-state index contributed by atoms with van der Waals surface area (Å²) < 4.78 is 31.6. The fourth-order valence-electron chi connectivity index (χ4n) is 1.51. The minimum absolute atomic E-state index is 0.0416. The maximum Gasteiger partial charge on any atom is 0.180 e. The highest BCUT2D eigenvalue weighted by atomic mass is 19.1. The number of benzene rings is 1. The van der Waals surface area contributed by atoms with Crippen LogP contribution in [0.25, 0.3) is 0 Å². The van der Waals surface area contributed by atoms with Crippen LogP contribution in [0.3, 0.4) is 0 Å². The Morgan fingerprint density at radius 1 is 1.53 bits per heavy atom. The fourth-order valence-corrected chi connectivity index (χ4v) is 1.51. The average Bonchev–Trinajstić information content (AvgIpc) is 2.28. The summed E-state index contributed by atoms with van der Waals surface area (Å²) in [6, 6.07) is 2.37. The number of methoxy groups -OCH3 is 1. The van der Waals surface area contributed by atoms with Crippen LogP contribution in [0.4, 0.5) is 8.78 Å². The molecule has 1 atom stereocenters. The van der Waals surface area contributed by atoms with Crippen LogP contribution in [-0.4, -0.2) is 26.5 Å². The van der Waals surface area contributed by atoms with Crippen molar-refractivity contribution in [1.82, 2.24) is 5.32 Å². The van der Waals surface area contributed by atoms with Gasteiger partial charge in [-0.15, -0.1) is 0 Å². The molecule has 0 amide bonds. The zero-order valence-corrected chi connectivity index (χ0v) is 10.0. The molecule has 5 heteroatoms. The highest BCUT2D eigenvalue weighted by Crippen LogP contribution is 2.28. The Bertz CT molecular complexity index is 419. The molecule has 0 saturated carbocycles. The summed E-state index contributed by atoms with van der Waals surface area (Å²) in [5.74, 6) is -1.21. The normalized spacial score (nSPS) is 12.3. The molecule has 94 valence electrons. The van der Waals surface area contributed by atoms with Crippen LogP contribution in [0.2, 0.25) is 0 Å². The molecule has 0 aliphatic carbocycles. The first-order valence-electron chi connectivity index (χ1n) is 5.20. The topological polar surface area (TPSA) is 38.3 Å². The Kier molecular flexibility index (Phi) is 4.57. The number of nitrogens with one attached hydrogen (secondary N) is 1. The zero-order valence-electron chi connectivity index (χ0n) is 10.0. The third kappa shape index (κ3) is 3.00. The highest BCUT2D eigenvalue weighted by Gasteiger charge is 2.19. The van der Waals surface area contributed by atoms with Crippen molar-refractivity contribution in [2.75, 3.05) is 20.7 Å². The average molecular weight is 243 g/mol. The maximum absolute atomic E-state index is 13.6. The van der Waals surface area contributed by atoms with Crippen molar-refractivity contribution in [3.8, 4) is 5.75 Å². The van der Waals surface area contributed by atoms with E-state index in [2.05, 4.69) is 5.32 Å². The Hall–Kier alpha value is -1.49. The molecule has 0 fully saturated rings. The van der Waals surface area contributed by atoms with E-state index in [1.165, 1.54) is 20.1 Å². The standard InChI is InChI=1S/C12H15F2NO2/c1-7(13)8-4-9(11(16)6-15-2)12(17-3)10(14)5-8/h4-5,7,15H,6H2,1-3H3. The summed E-state index contributed by atoms with van der Waals surface area (Å²) in [6.07, 6.45) is -1.34. The van der Waals surface area contributed by atoms with Crippen molar-refractivity contribution in [3.63, 3.8) is 0 Å². The summed E-state index contributed by atoms with van der Waals surface area (Å²) in [5, 5.41) is 2.66. The number of carbonyl (C=O) groups excluding carboxylic acids is 1. The lowest BCUT2D eigenvalue weighted by Gasteiger charge is -2.12. The molecule has 17 heavy (non-hydrogen) atoms. The molecule has 0 spiro atoms. The summed E-state index contributed by atoms with van der Waals surface area (Å²) in [6.45, 7) is 1.33. The highest BCUT2D eigenvalue weighted by molar-refractivity contribution is 6.00. The second kappa shape index (κ2) is 5.72. The first kappa shape index (κ1) is 13.6. The number of hydrogen-bond donors (Lipinski definition) is 1. The van der Waals surface area contributed by atoms with Gasteiger partial charge in [0.1, 0.15) is 6.17 Å². The van der Waals surface area contributed by atoms with Gasteiger partial charge in [0.25, 0.3) is 0 Å². The Morgan fingerprint density at radius 2 is 2.18 bits per heavy atom. The molecular formula is C12H15F2NO2. The molecule has 0 saturated heterocycles. The van der Waals surface area contributed by atoms with E-state index in [1.807, 2.05) is 0 Å². The summed E-state index contributed by atoms with van der Waals surface area (Å²) in [7, 11) is 2.87. The molecule has 0 bridgehead atoms. The van der Waals surface area contributed by atoms with Crippen LogP contribution in [0.15, 0.2) is 12.1 Å². The third-order valence-electron chi connectivity index (χ3n) is 2.37. The lowest BCUT2D eigenvalue weighted by atomic mass is 10.0. The summed E-state index contributed by atoms with van der Waals surface area (Å²) >= 11 is 0. The van der Waals surface area contributed by atoms with E-state index in [0.29, 0.717) is 0 Å². The number of likely N-dealkylation sites (N-methyl/N-ethyl adjacent to an activating group) is 1. The lowest BCUT2D eigenvalue weighted by Crippen LogP contribution is -2.19. The van der Waals surface area contributed by atoms with Crippen LogP contribution < -0.4 is 10.1 Å². The second-order valence-corrected chi connectivity index (χ2v) is 3.65. The molecule has 1 aromatic carbocycles. The largest absolute Gasteiger partial charge is 0.493 e. The molecule has 0 aliphatic heterocycles. The predicted molar refractivity (Wildman–Crippen MR) is 60.7 cm³/mol. The molecule has 1 aromatic rings. The number of halogens is 2. The van der Waals surface area contributed by atoms with Gasteiger partial charge in [-0.05, 0) is 31.7 Å².